The molecule has 1 aromatic rings. The van der Waals surface area contributed by atoms with E-state index in [9.17, 15) is 9.59 Å². The first-order valence-corrected chi connectivity index (χ1v) is 4.58. The Labute approximate surface area is 86.1 Å². The average Bonchev–Trinajstić information content (AvgIpc) is 2.37. The summed E-state index contributed by atoms with van der Waals surface area (Å²) in [6.45, 7) is 0.448. The molecule has 15 heavy (non-hydrogen) atoms. The molecule has 0 saturated carbocycles. The zero-order valence-electron chi connectivity index (χ0n) is 7.91. The van der Waals surface area contributed by atoms with Crippen molar-refractivity contribution < 1.29 is 14.7 Å². The number of nitrogens with one attached hydrogen (secondary N) is 2. The lowest BCUT2D eigenvalue weighted by Crippen LogP contribution is -2.10. The number of carboxylic acid groups (broad SMARTS) is 1. The fraction of sp³-hybridized carbons (Fsp3) is 0.200. The van der Waals surface area contributed by atoms with Gasteiger partial charge in [0.1, 0.15) is 0 Å². The number of amides is 1. The van der Waals surface area contributed by atoms with E-state index in [2.05, 4.69) is 10.6 Å². The van der Waals surface area contributed by atoms with Crippen molar-refractivity contribution in [3.63, 3.8) is 0 Å². The van der Waals surface area contributed by atoms with Crippen LogP contribution in [0.25, 0.3) is 0 Å². The lowest BCUT2D eigenvalue weighted by molar-refractivity contribution is -0.115. The van der Waals surface area contributed by atoms with Crippen molar-refractivity contribution in [3.05, 3.63) is 23.8 Å². The Morgan fingerprint density at radius 3 is 2.93 bits per heavy atom. The van der Waals surface area contributed by atoms with Crippen LogP contribution in [0.2, 0.25) is 0 Å². The van der Waals surface area contributed by atoms with E-state index in [1.165, 1.54) is 6.07 Å². The Bertz CT molecular complexity index is 429. The average molecular weight is 206 g/mol. The standard InChI is InChI=1S/C10H10N2O3/c13-8-4-5-11-9-6(10(14)15)2-1-3-7(9)12-8/h1-3,11H,4-5H2,(H,12,13)(H,14,15). The van der Waals surface area contributed by atoms with Crippen LogP contribution in [0.5, 0.6) is 0 Å². The first kappa shape index (κ1) is 9.51. The van der Waals surface area contributed by atoms with Crippen molar-refractivity contribution in [2.24, 2.45) is 0 Å². The van der Waals surface area contributed by atoms with Gasteiger partial charge in [-0.25, -0.2) is 4.79 Å². The van der Waals surface area contributed by atoms with Gasteiger partial charge in [-0.05, 0) is 12.1 Å². The van der Waals surface area contributed by atoms with E-state index >= 15 is 0 Å². The summed E-state index contributed by atoms with van der Waals surface area (Å²) < 4.78 is 0. The Morgan fingerprint density at radius 1 is 1.40 bits per heavy atom. The number of fused-ring (bicyclic) bond motifs is 1. The number of carbonyl (C=O) groups excluding carboxylic acids is 1. The molecule has 5 heteroatoms. The van der Waals surface area contributed by atoms with Gasteiger partial charge in [-0.3, -0.25) is 4.79 Å². The quantitative estimate of drug-likeness (QED) is 0.643. The Kier molecular flexibility index (Phi) is 2.29. The summed E-state index contributed by atoms with van der Waals surface area (Å²) in [5.41, 5.74) is 1.18. The summed E-state index contributed by atoms with van der Waals surface area (Å²) in [5, 5.41) is 14.5. The van der Waals surface area contributed by atoms with Crippen LogP contribution in [0, 0.1) is 0 Å². The molecule has 5 nitrogen and oxygen atoms in total. The van der Waals surface area contributed by atoms with Crippen LogP contribution in [0.3, 0.4) is 0 Å². The highest BCUT2D eigenvalue weighted by atomic mass is 16.4. The molecule has 0 unspecified atom stereocenters. The summed E-state index contributed by atoms with van der Waals surface area (Å²) >= 11 is 0. The lowest BCUT2D eigenvalue weighted by atomic mass is 10.1. The summed E-state index contributed by atoms with van der Waals surface area (Å²) in [5.74, 6) is -1.11. The molecule has 0 saturated heterocycles. The first-order valence-electron chi connectivity index (χ1n) is 4.58. The Morgan fingerprint density at radius 2 is 2.20 bits per heavy atom. The van der Waals surface area contributed by atoms with E-state index < -0.39 is 5.97 Å². The number of hydrogen-bond donors (Lipinski definition) is 3. The van der Waals surface area contributed by atoms with Crippen LogP contribution in [0.1, 0.15) is 16.8 Å². The van der Waals surface area contributed by atoms with Gasteiger partial charge in [0.15, 0.2) is 0 Å². The van der Waals surface area contributed by atoms with Gasteiger partial charge in [-0.2, -0.15) is 0 Å². The molecule has 2 rings (SSSR count). The van der Waals surface area contributed by atoms with Gasteiger partial charge in [-0.15, -0.1) is 0 Å². The highest BCUT2D eigenvalue weighted by Crippen LogP contribution is 2.28. The van der Waals surface area contributed by atoms with Crippen molar-refractivity contribution in [1.82, 2.24) is 0 Å². The maximum atomic E-state index is 11.2. The smallest absolute Gasteiger partial charge is 0.337 e. The molecule has 78 valence electrons. The first-order chi connectivity index (χ1) is 7.18. The number of carbonyl (C=O) groups is 2. The van der Waals surface area contributed by atoms with Gasteiger partial charge < -0.3 is 15.7 Å². The Balaban J connectivity index is 2.50. The molecule has 0 aliphatic carbocycles. The molecule has 0 radical (unpaired) electrons. The lowest BCUT2D eigenvalue weighted by Gasteiger charge is -2.10. The minimum atomic E-state index is -1.00. The number of rotatable bonds is 1. The molecular formula is C10H10N2O3. The molecular weight excluding hydrogens is 196 g/mol. The highest BCUT2D eigenvalue weighted by molar-refractivity contribution is 6.03. The van der Waals surface area contributed by atoms with Crippen molar-refractivity contribution in [2.75, 3.05) is 17.2 Å². The van der Waals surface area contributed by atoms with Crippen LogP contribution in [0.4, 0.5) is 11.4 Å². The van der Waals surface area contributed by atoms with E-state index in [4.69, 9.17) is 5.11 Å². The van der Waals surface area contributed by atoms with Gasteiger partial charge >= 0.3 is 5.97 Å². The number of benzene rings is 1. The van der Waals surface area contributed by atoms with E-state index in [0.717, 1.165) is 0 Å². The zero-order valence-corrected chi connectivity index (χ0v) is 7.91. The number of para-hydroxylation sites is 1. The normalized spacial score (nSPS) is 14.5. The fourth-order valence-corrected chi connectivity index (χ4v) is 1.54. The molecule has 0 bridgehead atoms. The summed E-state index contributed by atoms with van der Waals surface area (Å²) in [7, 11) is 0. The van der Waals surface area contributed by atoms with Crippen molar-refractivity contribution >= 4 is 23.3 Å². The van der Waals surface area contributed by atoms with Crippen molar-refractivity contribution in [3.8, 4) is 0 Å². The van der Waals surface area contributed by atoms with Gasteiger partial charge in [0, 0.05) is 13.0 Å². The molecule has 0 spiro atoms. The summed E-state index contributed by atoms with van der Waals surface area (Å²) in [4.78, 5) is 22.1. The predicted octanol–water partition coefficient (Wildman–Crippen LogP) is 1.14. The van der Waals surface area contributed by atoms with Crippen molar-refractivity contribution in [1.29, 1.82) is 0 Å². The van der Waals surface area contributed by atoms with Crippen LogP contribution in [-0.2, 0) is 4.79 Å². The second kappa shape index (κ2) is 3.61. The molecule has 0 aromatic heterocycles. The van der Waals surface area contributed by atoms with Crippen LogP contribution >= 0.6 is 0 Å². The SMILES string of the molecule is O=C1CCNc2c(cccc2C(=O)O)N1. The highest BCUT2D eigenvalue weighted by Gasteiger charge is 2.17. The predicted molar refractivity (Wildman–Crippen MR) is 55.1 cm³/mol. The third-order valence-electron chi connectivity index (χ3n) is 2.22. The van der Waals surface area contributed by atoms with Gasteiger partial charge in [0.25, 0.3) is 0 Å². The van der Waals surface area contributed by atoms with E-state index in [1.807, 2.05) is 0 Å². The van der Waals surface area contributed by atoms with Gasteiger partial charge in [0.2, 0.25) is 5.91 Å². The van der Waals surface area contributed by atoms with E-state index in [1.54, 1.807) is 12.1 Å². The molecule has 1 aliphatic rings. The van der Waals surface area contributed by atoms with Gasteiger partial charge in [-0.1, -0.05) is 6.07 Å². The number of aromatic carboxylic acids is 1. The topological polar surface area (TPSA) is 78.4 Å². The number of carboxylic acids is 1. The third kappa shape index (κ3) is 1.76. The summed E-state index contributed by atoms with van der Waals surface area (Å²) in [6.07, 6.45) is 0.341. The minimum Gasteiger partial charge on any atom is -0.478 e. The molecule has 1 aliphatic heterocycles. The monoisotopic (exact) mass is 206 g/mol. The fourth-order valence-electron chi connectivity index (χ4n) is 1.54. The molecule has 1 amide bonds. The van der Waals surface area contributed by atoms with Crippen LogP contribution < -0.4 is 10.6 Å². The third-order valence-corrected chi connectivity index (χ3v) is 2.22. The second-order valence-corrected chi connectivity index (χ2v) is 3.26. The van der Waals surface area contributed by atoms with E-state index in [-0.39, 0.29) is 11.5 Å². The largest absolute Gasteiger partial charge is 0.478 e. The maximum absolute atomic E-state index is 11.2. The minimum absolute atomic E-state index is 0.108. The number of anilines is 2. The molecule has 3 N–H and O–H groups in total. The second-order valence-electron chi connectivity index (χ2n) is 3.26. The zero-order chi connectivity index (χ0) is 10.8. The maximum Gasteiger partial charge on any atom is 0.337 e. The van der Waals surface area contributed by atoms with Crippen molar-refractivity contribution in [2.45, 2.75) is 6.42 Å². The molecule has 0 fully saturated rings. The van der Waals surface area contributed by atoms with Gasteiger partial charge in [0.05, 0.1) is 16.9 Å². The van der Waals surface area contributed by atoms with E-state index in [0.29, 0.717) is 24.3 Å². The van der Waals surface area contributed by atoms with Crippen LogP contribution in [-0.4, -0.2) is 23.5 Å². The molecule has 0 atom stereocenters. The Hall–Kier alpha value is -2.04. The number of hydrogen-bond acceptors (Lipinski definition) is 3. The van der Waals surface area contributed by atoms with Crippen LogP contribution in [0.15, 0.2) is 18.2 Å². The molecule has 1 aromatic carbocycles. The summed E-state index contributed by atoms with van der Waals surface area (Å²) in [6, 6.07) is 4.79. The molecule has 1 heterocycles.